The number of nitrogens with zero attached hydrogens (tertiary/aromatic N) is 7. The summed E-state index contributed by atoms with van der Waals surface area (Å²) in [6, 6.07) is 2.25. The summed E-state index contributed by atoms with van der Waals surface area (Å²) in [7, 11) is 0. The molecule has 5 rings (SSSR count). The Hall–Kier alpha value is -2.90. The molecule has 2 aliphatic heterocycles. The summed E-state index contributed by atoms with van der Waals surface area (Å²) in [4.78, 5) is 16.1. The van der Waals surface area contributed by atoms with Crippen LogP contribution < -0.4 is 9.64 Å². The number of hydrogen-bond acceptors (Lipinski definition) is 6. The van der Waals surface area contributed by atoms with E-state index in [4.69, 9.17) is 9.72 Å². The van der Waals surface area contributed by atoms with Crippen LogP contribution in [0.1, 0.15) is 32.7 Å². The van der Waals surface area contributed by atoms with Gasteiger partial charge in [0.15, 0.2) is 5.82 Å². The van der Waals surface area contributed by atoms with Crippen LogP contribution in [-0.2, 0) is 6.54 Å². The fourth-order valence-electron chi connectivity index (χ4n) is 3.65. The molecule has 8 heteroatoms. The van der Waals surface area contributed by atoms with Crippen LogP contribution in [0.15, 0.2) is 24.8 Å². The van der Waals surface area contributed by atoms with Gasteiger partial charge in [0.25, 0.3) is 0 Å². The third-order valence-corrected chi connectivity index (χ3v) is 5.00. The molecule has 8 nitrogen and oxygen atoms in total. The van der Waals surface area contributed by atoms with Gasteiger partial charge >= 0.3 is 0 Å². The molecular formula is C19H22N7O. The summed E-state index contributed by atoms with van der Waals surface area (Å²) in [5.41, 5.74) is 1.73. The molecule has 0 amide bonds. The molecule has 2 aliphatic rings. The molecule has 0 atom stereocenters. The maximum absolute atomic E-state index is 6.01. The van der Waals surface area contributed by atoms with Gasteiger partial charge in [0.1, 0.15) is 36.0 Å². The van der Waals surface area contributed by atoms with Crippen LogP contribution >= 0.6 is 0 Å². The fourth-order valence-corrected chi connectivity index (χ4v) is 3.65. The van der Waals surface area contributed by atoms with Gasteiger partial charge in [0.05, 0.1) is 18.7 Å². The van der Waals surface area contributed by atoms with E-state index in [1.54, 1.807) is 6.33 Å². The second kappa shape index (κ2) is 6.37. The Labute approximate surface area is 157 Å². The van der Waals surface area contributed by atoms with Crippen molar-refractivity contribution in [2.24, 2.45) is 0 Å². The maximum Gasteiger partial charge on any atom is 0.178 e. The summed E-state index contributed by atoms with van der Waals surface area (Å²) < 4.78 is 10.0. The summed E-state index contributed by atoms with van der Waals surface area (Å²) >= 11 is 0. The summed E-state index contributed by atoms with van der Waals surface area (Å²) in [5, 5.41) is 4.33. The van der Waals surface area contributed by atoms with E-state index in [9.17, 15) is 0 Å². The topological polar surface area (TPSA) is 73.9 Å². The molecule has 3 aromatic heterocycles. The lowest BCUT2D eigenvalue weighted by molar-refractivity contribution is 0.306. The van der Waals surface area contributed by atoms with Crippen molar-refractivity contribution in [3.05, 3.63) is 31.3 Å². The largest absolute Gasteiger partial charge is 0.491 e. The minimum absolute atomic E-state index is 0.223. The first-order valence-electron chi connectivity index (χ1n) is 9.41. The maximum atomic E-state index is 6.01. The van der Waals surface area contributed by atoms with E-state index in [0.29, 0.717) is 6.61 Å². The summed E-state index contributed by atoms with van der Waals surface area (Å²) in [6.45, 7) is 8.71. The minimum Gasteiger partial charge on any atom is -0.491 e. The highest BCUT2D eigenvalue weighted by Gasteiger charge is 2.23. The third kappa shape index (κ3) is 2.75. The molecule has 0 aliphatic carbocycles. The predicted octanol–water partition coefficient (Wildman–Crippen LogP) is 2.94. The van der Waals surface area contributed by atoms with Crippen LogP contribution in [0.5, 0.6) is 5.75 Å². The molecule has 0 spiro atoms. The Bertz CT molecular complexity index is 968. The average Bonchev–Trinajstić information content (AvgIpc) is 3.40. The quantitative estimate of drug-likeness (QED) is 0.711. The molecule has 139 valence electrons. The molecule has 0 aromatic carbocycles. The van der Waals surface area contributed by atoms with Crippen molar-refractivity contribution in [1.82, 2.24) is 29.3 Å². The molecule has 1 radical (unpaired) electrons. The Balaban J connectivity index is 1.56. The molecule has 5 heterocycles. The second-order valence-corrected chi connectivity index (χ2v) is 7.17. The van der Waals surface area contributed by atoms with Crippen molar-refractivity contribution in [3.63, 3.8) is 0 Å². The Morgan fingerprint density at radius 3 is 2.89 bits per heavy atom. The van der Waals surface area contributed by atoms with Gasteiger partial charge in [-0.25, -0.2) is 19.6 Å². The van der Waals surface area contributed by atoms with Crippen molar-refractivity contribution < 1.29 is 4.74 Å². The number of anilines is 1. The van der Waals surface area contributed by atoms with Gasteiger partial charge in [-0.2, -0.15) is 5.10 Å². The molecule has 1 saturated heterocycles. The Kier molecular flexibility index (Phi) is 3.84. The molecule has 0 unspecified atom stereocenters. The highest BCUT2D eigenvalue weighted by atomic mass is 16.5. The lowest BCUT2D eigenvalue weighted by atomic mass is 10.2. The normalized spacial score (nSPS) is 16.2. The van der Waals surface area contributed by atoms with Crippen LogP contribution in [0.4, 0.5) is 5.82 Å². The van der Waals surface area contributed by atoms with E-state index >= 15 is 0 Å². The van der Waals surface area contributed by atoms with E-state index < -0.39 is 0 Å². The van der Waals surface area contributed by atoms with Crippen LogP contribution in [0.3, 0.4) is 0 Å². The SMILES string of the molecule is CC(C)n1ncnc1-c1cn2c(n1)-c1cnc(N3[CH]CCC3)cc1OCC2. The smallest absolute Gasteiger partial charge is 0.178 e. The van der Waals surface area contributed by atoms with E-state index in [-0.39, 0.29) is 6.04 Å². The van der Waals surface area contributed by atoms with Crippen LogP contribution in [0, 0.1) is 6.54 Å². The molecule has 0 saturated carbocycles. The Morgan fingerprint density at radius 2 is 2.07 bits per heavy atom. The lowest BCUT2D eigenvalue weighted by Crippen LogP contribution is -2.15. The average molecular weight is 364 g/mol. The van der Waals surface area contributed by atoms with Crippen molar-refractivity contribution in [1.29, 1.82) is 0 Å². The monoisotopic (exact) mass is 364 g/mol. The number of aromatic nitrogens is 6. The fraction of sp³-hybridized carbons (Fsp3) is 0.421. The lowest BCUT2D eigenvalue weighted by Gasteiger charge is -2.17. The van der Waals surface area contributed by atoms with Crippen molar-refractivity contribution in [2.45, 2.75) is 39.3 Å². The zero-order valence-corrected chi connectivity index (χ0v) is 15.5. The first-order valence-corrected chi connectivity index (χ1v) is 9.41. The van der Waals surface area contributed by atoms with Crippen LogP contribution in [0.2, 0.25) is 0 Å². The van der Waals surface area contributed by atoms with E-state index in [1.165, 1.54) is 6.42 Å². The van der Waals surface area contributed by atoms with Gasteiger partial charge in [-0.15, -0.1) is 0 Å². The Morgan fingerprint density at radius 1 is 1.15 bits per heavy atom. The van der Waals surface area contributed by atoms with Crippen LogP contribution in [-0.4, -0.2) is 42.5 Å². The van der Waals surface area contributed by atoms with Gasteiger partial charge in [0.2, 0.25) is 0 Å². The van der Waals surface area contributed by atoms with Crippen molar-refractivity contribution in [3.8, 4) is 28.7 Å². The van der Waals surface area contributed by atoms with Gasteiger partial charge < -0.3 is 14.2 Å². The molecule has 1 fully saturated rings. The van der Waals surface area contributed by atoms with Gasteiger partial charge in [0, 0.05) is 31.0 Å². The number of imidazole rings is 1. The predicted molar refractivity (Wildman–Crippen MR) is 101 cm³/mol. The number of rotatable bonds is 3. The third-order valence-electron chi connectivity index (χ3n) is 5.00. The highest BCUT2D eigenvalue weighted by molar-refractivity contribution is 5.69. The summed E-state index contributed by atoms with van der Waals surface area (Å²) in [6.07, 6.45) is 7.75. The van der Waals surface area contributed by atoms with E-state index in [2.05, 4.69) is 44.9 Å². The standard InChI is InChI=1S/C19H22N7O/c1-13(2)26-19(21-12-22-26)15-11-25-7-8-27-16-9-17(24-5-3-4-6-24)20-10-14(16)18(25)23-15/h5,9-13H,3-4,6-8H2,1-2H3. The van der Waals surface area contributed by atoms with Crippen LogP contribution in [0.25, 0.3) is 22.9 Å². The number of ether oxygens (including phenoxy) is 1. The highest BCUT2D eigenvalue weighted by Crippen LogP contribution is 2.36. The number of fused-ring (bicyclic) bond motifs is 3. The second-order valence-electron chi connectivity index (χ2n) is 7.17. The minimum atomic E-state index is 0.223. The van der Waals surface area contributed by atoms with Gasteiger partial charge in [-0.1, -0.05) is 0 Å². The zero-order chi connectivity index (χ0) is 18.4. The van der Waals surface area contributed by atoms with Crippen molar-refractivity contribution in [2.75, 3.05) is 18.1 Å². The summed E-state index contributed by atoms with van der Waals surface area (Å²) in [5.74, 6) is 3.41. The molecule has 27 heavy (non-hydrogen) atoms. The number of hydrogen-bond donors (Lipinski definition) is 0. The first kappa shape index (κ1) is 16.3. The first-order chi connectivity index (χ1) is 13.2. The number of pyridine rings is 1. The molecule has 0 N–H and O–H groups in total. The van der Waals surface area contributed by atoms with Gasteiger partial charge in [-0.05, 0) is 26.7 Å². The molecular weight excluding hydrogens is 342 g/mol. The molecule has 3 aromatic rings. The van der Waals surface area contributed by atoms with E-state index in [1.807, 2.05) is 23.1 Å². The molecule has 0 bridgehead atoms. The van der Waals surface area contributed by atoms with Gasteiger partial charge in [-0.3, -0.25) is 0 Å². The van der Waals surface area contributed by atoms with E-state index in [0.717, 1.165) is 54.0 Å². The zero-order valence-electron chi connectivity index (χ0n) is 15.5. The van der Waals surface area contributed by atoms with Crippen molar-refractivity contribution >= 4 is 5.82 Å².